The third-order valence-corrected chi connectivity index (χ3v) is 3.90. The Morgan fingerprint density at radius 3 is 3.00 bits per heavy atom. The first-order chi connectivity index (χ1) is 9.24. The molecule has 0 spiro atoms. The molecule has 2 atom stereocenters. The van der Waals surface area contributed by atoms with Crippen molar-refractivity contribution in [2.75, 3.05) is 18.5 Å². The Hall–Kier alpha value is -1.61. The van der Waals surface area contributed by atoms with E-state index in [1.807, 2.05) is 13.0 Å². The third-order valence-electron chi connectivity index (χ3n) is 3.90. The number of hydrogen-bond donors (Lipinski definition) is 1. The van der Waals surface area contributed by atoms with Gasteiger partial charge in [0.05, 0.1) is 12.1 Å². The van der Waals surface area contributed by atoms with Crippen LogP contribution in [0.15, 0.2) is 30.3 Å². The summed E-state index contributed by atoms with van der Waals surface area (Å²) in [5.41, 5.74) is 3.29. The molecule has 1 aromatic carbocycles. The largest absolute Gasteiger partial charge is 0.382 e. The van der Waals surface area contributed by atoms with Crippen LogP contribution in [0.5, 0.6) is 0 Å². The van der Waals surface area contributed by atoms with Gasteiger partial charge in [-0.25, -0.2) is 0 Å². The number of para-hydroxylation sites is 1. The Labute approximate surface area is 114 Å². The monoisotopic (exact) mass is 256 g/mol. The molecule has 0 amide bonds. The summed E-state index contributed by atoms with van der Waals surface area (Å²) in [4.78, 5) is 4.58. The average Bonchev–Trinajstić information content (AvgIpc) is 2.92. The summed E-state index contributed by atoms with van der Waals surface area (Å²) in [7, 11) is 0. The number of nitrogens with one attached hydrogen (secondary N) is 1. The van der Waals surface area contributed by atoms with Gasteiger partial charge >= 0.3 is 0 Å². The molecule has 1 aliphatic heterocycles. The van der Waals surface area contributed by atoms with Crippen LogP contribution in [-0.2, 0) is 4.74 Å². The van der Waals surface area contributed by atoms with E-state index < -0.39 is 0 Å². The third kappa shape index (κ3) is 2.56. The first kappa shape index (κ1) is 12.4. The van der Waals surface area contributed by atoms with E-state index in [1.54, 1.807) is 0 Å². The lowest BCUT2D eigenvalue weighted by Gasteiger charge is -2.21. The minimum atomic E-state index is 0.424. The second kappa shape index (κ2) is 5.17. The van der Waals surface area contributed by atoms with Crippen molar-refractivity contribution in [1.82, 2.24) is 4.98 Å². The zero-order valence-electron chi connectivity index (χ0n) is 11.5. The molecule has 1 N–H and O–H groups in total. The normalized spacial score (nSPS) is 20.6. The van der Waals surface area contributed by atoms with Gasteiger partial charge in [0.2, 0.25) is 0 Å². The number of aromatic nitrogens is 1. The van der Waals surface area contributed by atoms with Crippen molar-refractivity contribution in [1.29, 1.82) is 0 Å². The molecule has 2 heterocycles. The number of fused-ring (bicyclic) bond motifs is 1. The molecule has 100 valence electrons. The molecule has 3 rings (SSSR count). The van der Waals surface area contributed by atoms with Gasteiger partial charge in [-0.15, -0.1) is 0 Å². The van der Waals surface area contributed by atoms with Crippen molar-refractivity contribution < 1.29 is 4.74 Å². The zero-order chi connectivity index (χ0) is 13.2. The molecule has 2 unspecified atom stereocenters. The second-order valence-corrected chi connectivity index (χ2v) is 5.39. The maximum atomic E-state index is 5.47. The van der Waals surface area contributed by atoms with Crippen molar-refractivity contribution >= 4 is 16.6 Å². The van der Waals surface area contributed by atoms with E-state index in [4.69, 9.17) is 4.74 Å². The van der Waals surface area contributed by atoms with Crippen LogP contribution in [0.3, 0.4) is 0 Å². The fourth-order valence-electron chi connectivity index (χ4n) is 2.74. The quantitative estimate of drug-likeness (QED) is 0.914. The van der Waals surface area contributed by atoms with E-state index in [0.717, 1.165) is 30.8 Å². The topological polar surface area (TPSA) is 34.1 Å². The van der Waals surface area contributed by atoms with Crippen LogP contribution in [0.25, 0.3) is 10.9 Å². The van der Waals surface area contributed by atoms with Crippen LogP contribution < -0.4 is 5.32 Å². The first-order valence-corrected chi connectivity index (χ1v) is 6.95. The summed E-state index contributed by atoms with van der Waals surface area (Å²) >= 11 is 0. The maximum absolute atomic E-state index is 5.47. The van der Waals surface area contributed by atoms with Crippen molar-refractivity contribution in [2.24, 2.45) is 5.92 Å². The summed E-state index contributed by atoms with van der Waals surface area (Å²) < 4.78 is 5.47. The fourth-order valence-corrected chi connectivity index (χ4v) is 2.74. The lowest BCUT2D eigenvalue weighted by Crippen LogP contribution is -2.26. The van der Waals surface area contributed by atoms with Gasteiger partial charge in [-0.2, -0.15) is 0 Å². The van der Waals surface area contributed by atoms with Gasteiger partial charge < -0.3 is 10.1 Å². The minimum absolute atomic E-state index is 0.424. The van der Waals surface area contributed by atoms with E-state index >= 15 is 0 Å². The maximum Gasteiger partial charge on any atom is 0.0725 e. The lowest BCUT2D eigenvalue weighted by atomic mass is 10.00. The van der Waals surface area contributed by atoms with E-state index in [9.17, 15) is 0 Å². The summed E-state index contributed by atoms with van der Waals surface area (Å²) in [6.07, 6.45) is 1.15. The Kier molecular flexibility index (Phi) is 3.38. The van der Waals surface area contributed by atoms with Crippen LogP contribution in [-0.4, -0.2) is 24.2 Å². The number of aryl methyl sites for hydroxylation is 1. The zero-order valence-corrected chi connectivity index (χ0v) is 11.5. The van der Waals surface area contributed by atoms with E-state index in [0.29, 0.717) is 12.0 Å². The number of nitrogens with zero attached hydrogens (tertiary/aromatic N) is 1. The molecule has 0 saturated carbocycles. The van der Waals surface area contributed by atoms with Gasteiger partial charge in [0.25, 0.3) is 0 Å². The molecule has 0 bridgehead atoms. The molecule has 2 aromatic rings. The van der Waals surface area contributed by atoms with Gasteiger partial charge in [0, 0.05) is 35.3 Å². The standard InChI is InChI=1S/C16H20N2O/c1-11-9-16(14-5-3-4-6-15(14)17-11)18-12(2)13-7-8-19-10-13/h3-6,9,12-13H,7-8,10H2,1-2H3,(H,17,18). The molecule has 0 aliphatic carbocycles. The number of rotatable bonds is 3. The van der Waals surface area contributed by atoms with Crippen molar-refractivity contribution in [3.8, 4) is 0 Å². The Morgan fingerprint density at radius 2 is 2.21 bits per heavy atom. The Balaban J connectivity index is 1.91. The van der Waals surface area contributed by atoms with E-state index in [1.165, 1.54) is 11.1 Å². The van der Waals surface area contributed by atoms with Crippen LogP contribution in [0.4, 0.5) is 5.69 Å². The highest BCUT2D eigenvalue weighted by molar-refractivity contribution is 5.91. The van der Waals surface area contributed by atoms with Crippen molar-refractivity contribution in [3.63, 3.8) is 0 Å². The predicted molar refractivity (Wildman–Crippen MR) is 78.5 cm³/mol. The predicted octanol–water partition coefficient (Wildman–Crippen LogP) is 3.38. The minimum Gasteiger partial charge on any atom is -0.382 e. The smallest absolute Gasteiger partial charge is 0.0725 e. The van der Waals surface area contributed by atoms with Gasteiger partial charge in [0.1, 0.15) is 0 Å². The molecular formula is C16H20N2O. The Bertz CT molecular complexity index is 576. The van der Waals surface area contributed by atoms with Crippen molar-refractivity contribution in [3.05, 3.63) is 36.0 Å². The van der Waals surface area contributed by atoms with Crippen LogP contribution in [0, 0.1) is 12.8 Å². The number of ether oxygens (including phenoxy) is 1. The molecule has 1 aliphatic rings. The van der Waals surface area contributed by atoms with E-state index in [-0.39, 0.29) is 0 Å². The van der Waals surface area contributed by atoms with Crippen LogP contribution in [0.1, 0.15) is 19.0 Å². The fraction of sp³-hybridized carbons (Fsp3) is 0.438. The molecule has 1 aromatic heterocycles. The van der Waals surface area contributed by atoms with Crippen LogP contribution >= 0.6 is 0 Å². The second-order valence-electron chi connectivity index (χ2n) is 5.39. The molecule has 3 nitrogen and oxygen atoms in total. The Morgan fingerprint density at radius 1 is 1.37 bits per heavy atom. The first-order valence-electron chi connectivity index (χ1n) is 6.95. The number of benzene rings is 1. The number of anilines is 1. The lowest BCUT2D eigenvalue weighted by molar-refractivity contribution is 0.183. The molecule has 1 saturated heterocycles. The number of hydrogen-bond acceptors (Lipinski definition) is 3. The summed E-state index contributed by atoms with van der Waals surface area (Å²) in [5.74, 6) is 0.604. The molecule has 1 fully saturated rings. The highest BCUT2D eigenvalue weighted by Gasteiger charge is 2.22. The average molecular weight is 256 g/mol. The van der Waals surface area contributed by atoms with Crippen molar-refractivity contribution in [2.45, 2.75) is 26.3 Å². The molecule has 0 radical (unpaired) electrons. The number of pyridine rings is 1. The molecule has 3 heteroatoms. The highest BCUT2D eigenvalue weighted by Crippen LogP contribution is 2.26. The summed E-state index contributed by atoms with van der Waals surface area (Å²) in [6, 6.07) is 10.8. The van der Waals surface area contributed by atoms with Gasteiger partial charge in [-0.3, -0.25) is 4.98 Å². The van der Waals surface area contributed by atoms with Gasteiger partial charge in [-0.05, 0) is 32.4 Å². The van der Waals surface area contributed by atoms with Gasteiger partial charge in [0.15, 0.2) is 0 Å². The molecular weight excluding hydrogens is 236 g/mol. The van der Waals surface area contributed by atoms with E-state index in [2.05, 4.69) is 41.5 Å². The highest BCUT2D eigenvalue weighted by atomic mass is 16.5. The SMILES string of the molecule is Cc1cc(NC(C)C2CCOC2)c2ccccc2n1. The van der Waals surface area contributed by atoms with Gasteiger partial charge in [-0.1, -0.05) is 18.2 Å². The summed E-state index contributed by atoms with van der Waals surface area (Å²) in [5, 5.41) is 4.84. The molecule has 19 heavy (non-hydrogen) atoms. The summed E-state index contributed by atoms with van der Waals surface area (Å²) in [6.45, 7) is 6.05. The van der Waals surface area contributed by atoms with Crippen LogP contribution in [0.2, 0.25) is 0 Å².